The van der Waals surface area contributed by atoms with Crippen LogP contribution in [0.4, 0.5) is 4.39 Å². The Hall–Kier alpha value is -2.77. The topological polar surface area (TPSA) is 80.1 Å². The van der Waals surface area contributed by atoms with Crippen LogP contribution in [-0.2, 0) is 22.7 Å². The standard InChI is InChI=1S/C18H24FN5O2/c1-12(2)18(14-5-7-15(19)8-6-14)20-17(26)11-24-10-16(21-22-24)9-23(4)13(3)25/h5-8,10,12,18H,9,11H2,1-4H3,(H,20,26). The van der Waals surface area contributed by atoms with E-state index in [2.05, 4.69) is 15.6 Å². The quantitative estimate of drug-likeness (QED) is 0.817. The fourth-order valence-corrected chi connectivity index (χ4v) is 2.51. The van der Waals surface area contributed by atoms with Crippen molar-refractivity contribution in [2.75, 3.05) is 7.05 Å². The smallest absolute Gasteiger partial charge is 0.242 e. The molecule has 2 rings (SSSR count). The van der Waals surface area contributed by atoms with Crippen molar-refractivity contribution in [3.8, 4) is 0 Å². The number of carbonyl (C=O) groups excluding carboxylic acids is 2. The first-order valence-corrected chi connectivity index (χ1v) is 8.41. The van der Waals surface area contributed by atoms with Crippen LogP contribution in [0.1, 0.15) is 38.1 Å². The number of nitrogens with zero attached hydrogens (tertiary/aromatic N) is 4. The fourth-order valence-electron chi connectivity index (χ4n) is 2.51. The van der Waals surface area contributed by atoms with E-state index in [1.54, 1.807) is 25.4 Å². The maximum absolute atomic E-state index is 13.1. The van der Waals surface area contributed by atoms with Crippen molar-refractivity contribution in [3.05, 3.63) is 47.5 Å². The summed E-state index contributed by atoms with van der Waals surface area (Å²) in [5.74, 6) is -0.464. The molecule has 1 unspecified atom stereocenters. The zero-order valence-corrected chi connectivity index (χ0v) is 15.4. The average molecular weight is 361 g/mol. The Labute approximate surface area is 152 Å². The van der Waals surface area contributed by atoms with Crippen LogP contribution in [-0.4, -0.2) is 38.8 Å². The monoisotopic (exact) mass is 361 g/mol. The highest BCUT2D eigenvalue weighted by molar-refractivity contribution is 5.76. The summed E-state index contributed by atoms with van der Waals surface area (Å²) in [6, 6.07) is 5.88. The molecule has 0 fully saturated rings. The van der Waals surface area contributed by atoms with Crippen LogP contribution < -0.4 is 5.32 Å². The maximum atomic E-state index is 13.1. The van der Waals surface area contributed by atoms with Crippen molar-refractivity contribution in [2.24, 2.45) is 5.92 Å². The van der Waals surface area contributed by atoms with Crippen LogP contribution >= 0.6 is 0 Å². The number of aromatic nitrogens is 3. The minimum absolute atomic E-state index is 0.0151. The normalized spacial score (nSPS) is 12.1. The lowest BCUT2D eigenvalue weighted by molar-refractivity contribution is -0.128. The second-order valence-corrected chi connectivity index (χ2v) is 6.62. The van der Waals surface area contributed by atoms with Gasteiger partial charge in [0.2, 0.25) is 11.8 Å². The van der Waals surface area contributed by atoms with Crippen molar-refractivity contribution in [2.45, 2.75) is 39.9 Å². The van der Waals surface area contributed by atoms with Crippen molar-refractivity contribution in [3.63, 3.8) is 0 Å². The summed E-state index contributed by atoms with van der Waals surface area (Å²) in [7, 11) is 1.67. The van der Waals surface area contributed by atoms with Crippen LogP contribution in [0.5, 0.6) is 0 Å². The molecule has 8 heteroatoms. The highest BCUT2D eigenvalue weighted by Crippen LogP contribution is 2.21. The number of hydrogen-bond donors (Lipinski definition) is 1. The molecule has 0 aliphatic rings. The van der Waals surface area contributed by atoms with Crippen LogP contribution in [0.2, 0.25) is 0 Å². The van der Waals surface area contributed by atoms with Crippen LogP contribution in [0, 0.1) is 11.7 Å². The number of nitrogens with one attached hydrogen (secondary N) is 1. The molecule has 1 aromatic heterocycles. The van der Waals surface area contributed by atoms with Gasteiger partial charge >= 0.3 is 0 Å². The molecule has 0 spiro atoms. The minimum atomic E-state index is -0.312. The van der Waals surface area contributed by atoms with E-state index < -0.39 is 0 Å². The number of halogens is 1. The van der Waals surface area contributed by atoms with E-state index in [9.17, 15) is 14.0 Å². The molecule has 7 nitrogen and oxygen atoms in total. The van der Waals surface area contributed by atoms with Crippen molar-refractivity contribution in [1.29, 1.82) is 0 Å². The van der Waals surface area contributed by atoms with E-state index in [4.69, 9.17) is 0 Å². The van der Waals surface area contributed by atoms with Gasteiger partial charge in [0.25, 0.3) is 0 Å². The van der Waals surface area contributed by atoms with Crippen LogP contribution in [0.3, 0.4) is 0 Å². The predicted octanol–water partition coefficient (Wildman–Crippen LogP) is 1.91. The van der Waals surface area contributed by atoms with E-state index >= 15 is 0 Å². The second kappa shape index (κ2) is 8.55. The molecule has 0 aliphatic heterocycles. The number of hydrogen-bond acceptors (Lipinski definition) is 4. The van der Waals surface area contributed by atoms with Gasteiger partial charge in [-0.05, 0) is 23.6 Å². The molecule has 2 aromatic rings. The highest BCUT2D eigenvalue weighted by Gasteiger charge is 2.19. The summed E-state index contributed by atoms with van der Waals surface area (Å²) in [5.41, 5.74) is 1.45. The lowest BCUT2D eigenvalue weighted by Crippen LogP contribution is -2.34. The third-order valence-electron chi connectivity index (χ3n) is 4.04. The molecular formula is C18H24FN5O2. The van der Waals surface area contributed by atoms with Gasteiger partial charge in [0, 0.05) is 14.0 Å². The summed E-state index contributed by atoms with van der Waals surface area (Å²) in [5, 5.41) is 10.8. The van der Waals surface area contributed by atoms with E-state index in [1.165, 1.54) is 28.6 Å². The molecule has 0 bridgehead atoms. The number of rotatable bonds is 7. The zero-order chi connectivity index (χ0) is 19.3. The van der Waals surface area contributed by atoms with E-state index in [-0.39, 0.29) is 36.1 Å². The van der Waals surface area contributed by atoms with Crippen molar-refractivity contribution < 1.29 is 14.0 Å². The fraction of sp³-hybridized carbons (Fsp3) is 0.444. The molecule has 0 aliphatic carbocycles. The Kier molecular flexibility index (Phi) is 6.43. The molecular weight excluding hydrogens is 337 g/mol. The Morgan fingerprint density at radius 1 is 1.27 bits per heavy atom. The second-order valence-electron chi connectivity index (χ2n) is 6.62. The third-order valence-corrected chi connectivity index (χ3v) is 4.04. The van der Waals surface area contributed by atoms with Crippen molar-refractivity contribution >= 4 is 11.8 Å². The molecule has 26 heavy (non-hydrogen) atoms. The Morgan fingerprint density at radius 2 is 1.92 bits per heavy atom. The molecule has 140 valence electrons. The van der Waals surface area contributed by atoms with Gasteiger partial charge in [0.1, 0.15) is 18.1 Å². The van der Waals surface area contributed by atoms with Gasteiger partial charge in [0.15, 0.2) is 0 Å². The van der Waals surface area contributed by atoms with Gasteiger partial charge in [-0.1, -0.05) is 31.2 Å². The molecule has 0 saturated heterocycles. The van der Waals surface area contributed by atoms with Gasteiger partial charge in [0.05, 0.1) is 18.8 Å². The van der Waals surface area contributed by atoms with E-state index in [0.717, 1.165) is 5.56 Å². The first-order valence-electron chi connectivity index (χ1n) is 8.41. The minimum Gasteiger partial charge on any atom is -0.347 e. The van der Waals surface area contributed by atoms with Gasteiger partial charge in [-0.2, -0.15) is 0 Å². The lowest BCUT2D eigenvalue weighted by Gasteiger charge is -2.23. The number of carbonyl (C=O) groups is 2. The summed E-state index contributed by atoms with van der Waals surface area (Å²) in [4.78, 5) is 25.1. The molecule has 1 atom stereocenters. The zero-order valence-electron chi connectivity index (χ0n) is 15.4. The average Bonchev–Trinajstić information content (AvgIpc) is 3.00. The van der Waals surface area contributed by atoms with E-state index in [1.807, 2.05) is 13.8 Å². The molecule has 1 N–H and O–H groups in total. The Bertz CT molecular complexity index is 757. The van der Waals surface area contributed by atoms with Crippen molar-refractivity contribution in [1.82, 2.24) is 25.2 Å². The summed E-state index contributed by atoms with van der Waals surface area (Å²) < 4.78 is 14.5. The lowest BCUT2D eigenvalue weighted by atomic mass is 9.96. The third kappa shape index (κ3) is 5.37. The largest absolute Gasteiger partial charge is 0.347 e. The molecule has 0 radical (unpaired) electrons. The Balaban J connectivity index is 1.99. The summed E-state index contributed by atoms with van der Waals surface area (Å²) in [6.45, 7) is 5.79. The SMILES string of the molecule is CC(=O)N(C)Cc1cn(CC(=O)NC(c2ccc(F)cc2)C(C)C)nn1. The Morgan fingerprint density at radius 3 is 2.50 bits per heavy atom. The first kappa shape index (κ1) is 19.6. The maximum Gasteiger partial charge on any atom is 0.242 e. The molecule has 2 amide bonds. The van der Waals surface area contributed by atoms with Gasteiger partial charge < -0.3 is 10.2 Å². The van der Waals surface area contributed by atoms with Gasteiger partial charge in [-0.25, -0.2) is 9.07 Å². The van der Waals surface area contributed by atoms with E-state index in [0.29, 0.717) is 12.2 Å². The number of amides is 2. The highest BCUT2D eigenvalue weighted by atomic mass is 19.1. The molecule has 1 aromatic carbocycles. The first-order chi connectivity index (χ1) is 12.3. The van der Waals surface area contributed by atoms with Gasteiger partial charge in [-0.3, -0.25) is 9.59 Å². The number of benzene rings is 1. The summed E-state index contributed by atoms with van der Waals surface area (Å²) in [6.07, 6.45) is 1.64. The molecule has 0 saturated carbocycles. The molecule has 1 heterocycles. The predicted molar refractivity (Wildman–Crippen MR) is 94.3 cm³/mol. The summed E-state index contributed by atoms with van der Waals surface area (Å²) >= 11 is 0. The van der Waals surface area contributed by atoms with Crippen LogP contribution in [0.15, 0.2) is 30.5 Å². The van der Waals surface area contributed by atoms with Gasteiger partial charge in [-0.15, -0.1) is 5.10 Å². The van der Waals surface area contributed by atoms with Crippen LogP contribution in [0.25, 0.3) is 0 Å².